The zero-order valence-electron chi connectivity index (χ0n) is 10.0. The van der Waals surface area contributed by atoms with E-state index in [-0.39, 0.29) is 24.4 Å². The number of hydrogen-bond acceptors (Lipinski definition) is 3. The summed E-state index contributed by atoms with van der Waals surface area (Å²) in [5.41, 5.74) is -0.251. The van der Waals surface area contributed by atoms with Crippen LogP contribution < -0.4 is 15.4 Å². The van der Waals surface area contributed by atoms with Gasteiger partial charge in [0.15, 0.2) is 0 Å². The van der Waals surface area contributed by atoms with E-state index in [1.807, 2.05) is 0 Å². The van der Waals surface area contributed by atoms with E-state index in [2.05, 4.69) is 15.4 Å². The van der Waals surface area contributed by atoms with Crippen molar-refractivity contribution in [3.8, 4) is 5.75 Å². The molecule has 0 aromatic heterocycles. The van der Waals surface area contributed by atoms with E-state index in [9.17, 15) is 22.8 Å². The maximum Gasteiger partial charge on any atom is 0.387 e. The molecule has 0 aliphatic rings. The molecule has 0 aliphatic heterocycles. The van der Waals surface area contributed by atoms with Gasteiger partial charge >= 0.3 is 18.6 Å². The van der Waals surface area contributed by atoms with Crippen LogP contribution in [0.15, 0.2) is 18.2 Å². The summed E-state index contributed by atoms with van der Waals surface area (Å²) in [5.74, 6) is -2.43. The van der Waals surface area contributed by atoms with Crippen LogP contribution in [-0.4, -0.2) is 30.3 Å². The van der Waals surface area contributed by atoms with E-state index < -0.39 is 24.4 Å². The average Bonchev–Trinajstić information content (AvgIpc) is 2.31. The minimum Gasteiger partial charge on any atom is -0.481 e. The van der Waals surface area contributed by atoms with Crippen molar-refractivity contribution < 1.29 is 32.6 Å². The van der Waals surface area contributed by atoms with Crippen LogP contribution >= 0.6 is 0 Å². The summed E-state index contributed by atoms with van der Waals surface area (Å²) in [6, 6.07) is 1.98. The zero-order chi connectivity index (χ0) is 15.1. The molecule has 1 aromatic carbocycles. The van der Waals surface area contributed by atoms with Gasteiger partial charge in [0.1, 0.15) is 11.6 Å². The summed E-state index contributed by atoms with van der Waals surface area (Å²) < 4.78 is 41.2. The zero-order valence-corrected chi connectivity index (χ0v) is 10.0. The molecular formula is C11H11F3N2O4. The molecule has 0 atom stereocenters. The number of halogens is 3. The Morgan fingerprint density at radius 2 is 2.05 bits per heavy atom. The second-order valence-electron chi connectivity index (χ2n) is 3.54. The van der Waals surface area contributed by atoms with Gasteiger partial charge in [-0.1, -0.05) is 0 Å². The Bertz CT molecular complexity index is 497. The minimum atomic E-state index is -3.08. The van der Waals surface area contributed by atoms with Crippen LogP contribution in [0.1, 0.15) is 6.42 Å². The third-order valence-electron chi connectivity index (χ3n) is 2.04. The number of carbonyl (C=O) groups excluding carboxylic acids is 1. The standard InChI is InChI=1S/C11H11F3N2O4/c12-7-5-6(20-10(13)14)1-2-8(7)16-11(19)15-4-3-9(17)18/h1-2,5,10H,3-4H2,(H,17,18)(H2,15,16,19). The first-order valence-electron chi connectivity index (χ1n) is 5.39. The molecule has 0 aliphatic carbocycles. The first-order chi connectivity index (χ1) is 9.38. The van der Waals surface area contributed by atoms with Crippen molar-refractivity contribution in [1.82, 2.24) is 5.32 Å². The maximum absolute atomic E-state index is 13.4. The Kier molecular flexibility index (Phi) is 5.63. The number of anilines is 1. The lowest BCUT2D eigenvalue weighted by Gasteiger charge is -2.09. The van der Waals surface area contributed by atoms with Gasteiger partial charge in [0.05, 0.1) is 12.1 Å². The molecule has 0 heterocycles. The topological polar surface area (TPSA) is 87.7 Å². The van der Waals surface area contributed by atoms with E-state index in [1.165, 1.54) is 0 Å². The Balaban J connectivity index is 2.55. The highest BCUT2D eigenvalue weighted by molar-refractivity contribution is 5.89. The molecule has 110 valence electrons. The minimum absolute atomic E-state index is 0.130. The van der Waals surface area contributed by atoms with Crippen molar-refractivity contribution in [2.45, 2.75) is 13.0 Å². The van der Waals surface area contributed by atoms with Gasteiger partial charge in [0, 0.05) is 12.6 Å². The number of ether oxygens (including phenoxy) is 1. The predicted octanol–water partition coefficient (Wildman–Crippen LogP) is 2.02. The Morgan fingerprint density at radius 1 is 1.35 bits per heavy atom. The Morgan fingerprint density at radius 3 is 2.60 bits per heavy atom. The fraction of sp³-hybridized carbons (Fsp3) is 0.273. The fourth-order valence-corrected chi connectivity index (χ4v) is 1.22. The lowest BCUT2D eigenvalue weighted by atomic mass is 10.3. The number of alkyl halides is 2. The first-order valence-corrected chi connectivity index (χ1v) is 5.39. The highest BCUT2D eigenvalue weighted by atomic mass is 19.3. The summed E-state index contributed by atoms with van der Waals surface area (Å²) in [7, 11) is 0. The number of aliphatic carboxylic acids is 1. The molecule has 0 fully saturated rings. The van der Waals surface area contributed by atoms with Gasteiger partial charge in [0.25, 0.3) is 0 Å². The molecule has 20 heavy (non-hydrogen) atoms. The van der Waals surface area contributed by atoms with Crippen molar-refractivity contribution >= 4 is 17.7 Å². The van der Waals surface area contributed by atoms with Crippen molar-refractivity contribution in [3.63, 3.8) is 0 Å². The Hall–Kier alpha value is -2.45. The molecule has 0 radical (unpaired) electrons. The summed E-state index contributed by atoms with van der Waals surface area (Å²) in [4.78, 5) is 21.5. The number of hydrogen-bond donors (Lipinski definition) is 3. The molecule has 9 heteroatoms. The average molecular weight is 292 g/mol. The SMILES string of the molecule is O=C(O)CCNC(=O)Nc1ccc(OC(F)F)cc1F. The second kappa shape index (κ2) is 7.22. The molecule has 0 saturated carbocycles. The van der Waals surface area contributed by atoms with E-state index in [4.69, 9.17) is 5.11 Å². The van der Waals surface area contributed by atoms with E-state index >= 15 is 0 Å². The summed E-state index contributed by atoms with van der Waals surface area (Å²) in [6.45, 7) is -3.21. The molecule has 6 nitrogen and oxygen atoms in total. The molecule has 0 unspecified atom stereocenters. The van der Waals surface area contributed by atoms with Gasteiger partial charge in [-0.05, 0) is 12.1 Å². The smallest absolute Gasteiger partial charge is 0.387 e. The third kappa shape index (κ3) is 5.46. The largest absolute Gasteiger partial charge is 0.481 e. The number of rotatable bonds is 6. The van der Waals surface area contributed by atoms with Crippen molar-refractivity contribution in [2.24, 2.45) is 0 Å². The molecule has 3 N–H and O–H groups in total. The van der Waals surface area contributed by atoms with E-state index in [1.54, 1.807) is 0 Å². The molecule has 1 rings (SSSR count). The number of carbonyl (C=O) groups is 2. The highest BCUT2D eigenvalue weighted by Crippen LogP contribution is 2.21. The summed E-state index contributed by atoms with van der Waals surface area (Å²) >= 11 is 0. The lowest BCUT2D eigenvalue weighted by molar-refractivity contribution is -0.136. The van der Waals surface area contributed by atoms with Gasteiger partial charge in [-0.25, -0.2) is 9.18 Å². The number of carboxylic acids is 1. The quantitative estimate of drug-likeness (QED) is 0.748. The number of benzene rings is 1. The van der Waals surface area contributed by atoms with E-state index in [0.717, 1.165) is 12.1 Å². The molecule has 1 aromatic rings. The highest BCUT2D eigenvalue weighted by Gasteiger charge is 2.10. The summed E-state index contributed by atoms with van der Waals surface area (Å²) in [6.07, 6.45) is -0.281. The van der Waals surface area contributed by atoms with Gasteiger partial charge in [-0.15, -0.1) is 0 Å². The Labute approximate surface area is 111 Å². The number of nitrogens with one attached hydrogen (secondary N) is 2. The van der Waals surface area contributed by atoms with Gasteiger partial charge in [-0.2, -0.15) is 8.78 Å². The second-order valence-corrected chi connectivity index (χ2v) is 3.54. The van der Waals surface area contributed by atoms with Crippen LogP contribution in [0, 0.1) is 5.82 Å². The van der Waals surface area contributed by atoms with Crippen LogP contribution in [0.2, 0.25) is 0 Å². The molecule has 0 bridgehead atoms. The van der Waals surface area contributed by atoms with Crippen LogP contribution in [0.5, 0.6) is 5.75 Å². The third-order valence-corrected chi connectivity index (χ3v) is 2.04. The van der Waals surface area contributed by atoms with Crippen molar-refractivity contribution in [2.75, 3.05) is 11.9 Å². The summed E-state index contributed by atoms with van der Waals surface area (Å²) in [5, 5.41) is 12.6. The molecule has 0 spiro atoms. The van der Waals surface area contributed by atoms with Gasteiger partial charge in [-0.3, -0.25) is 4.79 Å². The number of urea groups is 1. The molecule has 0 saturated heterocycles. The van der Waals surface area contributed by atoms with Crippen molar-refractivity contribution in [1.29, 1.82) is 0 Å². The van der Waals surface area contributed by atoms with Crippen LogP contribution in [0.25, 0.3) is 0 Å². The van der Waals surface area contributed by atoms with Crippen LogP contribution in [0.3, 0.4) is 0 Å². The van der Waals surface area contributed by atoms with Crippen LogP contribution in [-0.2, 0) is 4.79 Å². The van der Waals surface area contributed by atoms with Crippen LogP contribution in [0.4, 0.5) is 23.7 Å². The maximum atomic E-state index is 13.4. The van der Waals surface area contributed by atoms with Gasteiger partial charge in [0.2, 0.25) is 0 Å². The van der Waals surface area contributed by atoms with Gasteiger partial charge < -0.3 is 20.5 Å². The lowest BCUT2D eigenvalue weighted by Crippen LogP contribution is -2.30. The number of amides is 2. The monoisotopic (exact) mass is 292 g/mol. The molecule has 2 amide bonds. The number of carboxylic acid groups (broad SMARTS) is 1. The molecular weight excluding hydrogens is 281 g/mol. The predicted molar refractivity (Wildman–Crippen MR) is 62.3 cm³/mol. The van der Waals surface area contributed by atoms with E-state index in [0.29, 0.717) is 6.07 Å². The normalized spacial score (nSPS) is 10.2. The van der Waals surface area contributed by atoms with Crippen molar-refractivity contribution in [3.05, 3.63) is 24.0 Å². The fourth-order valence-electron chi connectivity index (χ4n) is 1.22. The first kappa shape index (κ1) is 15.6.